The van der Waals surface area contributed by atoms with E-state index in [1.165, 1.54) is 0 Å². The van der Waals surface area contributed by atoms with Gasteiger partial charge in [-0.3, -0.25) is 0 Å². The first kappa shape index (κ1) is 9.04. The van der Waals surface area contributed by atoms with Crippen LogP contribution in [0.15, 0.2) is 12.1 Å². The first-order valence-electron chi connectivity index (χ1n) is 4.74. The molecule has 0 aliphatic heterocycles. The SMILES string of the molecule is N#Cc1ccc(O)c2c1CCC[C@H]2N. The second-order valence-corrected chi connectivity index (χ2v) is 3.64. The quantitative estimate of drug-likeness (QED) is 0.649. The normalized spacial score (nSPS) is 19.9. The van der Waals surface area contributed by atoms with Gasteiger partial charge in [0, 0.05) is 11.6 Å². The molecule has 0 amide bonds. The minimum absolute atomic E-state index is 0.118. The Morgan fingerprint density at radius 3 is 3.00 bits per heavy atom. The van der Waals surface area contributed by atoms with Crippen LogP contribution in [-0.2, 0) is 6.42 Å². The Kier molecular flexibility index (Phi) is 2.14. The third-order valence-corrected chi connectivity index (χ3v) is 2.77. The summed E-state index contributed by atoms with van der Waals surface area (Å²) < 4.78 is 0. The number of phenolic OH excluding ortho intramolecular Hbond substituents is 1. The lowest BCUT2D eigenvalue weighted by atomic mass is 9.85. The molecule has 1 aliphatic carbocycles. The Morgan fingerprint density at radius 1 is 1.50 bits per heavy atom. The second-order valence-electron chi connectivity index (χ2n) is 3.64. The summed E-state index contributed by atoms with van der Waals surface area (Å²) in [7, 11) is 0. The Bertz CT molecular complexity index is 406. The summed E-state index contributed by atoms with van der Waals surface area (Å²) in [5.41, 5.74) is 8.26. The highest BCUT2D eigenvalue weighted by Gasteiger charge is 2.22. The molecule has 0 unspecified atom stereocenters. The van der Waals surface area contributed by atoms with Gasteiger partial charge in [-0.25, -0.2) is 0 Å². The molecular weight excluding hydrogens is 176 g/mol. The lowest BCUT2D eigenvalue weighted by molar-refractivity contribution is 0.447. The van der Waals surface area contributed by atoms with Crippen molar-refractivity contribution in [3.05, 3.63) is 28.8 Å². The Hall–Kier alpha value is -1.53. The summed E-state index contributed by atoms with van der Waals surface area (Å²) in [4.78, 5) is 0. The zero-order chi connectivity index (χ0) is 10.1. The first-order chi connectivity index (χ1) is 6.74. The van der Waals surface area contributed by atoms with Crippen LogP contribution in [0.3, 0.4) is 0 Å². The fourth-order valence-electron chi connectivity index (χ4n) is 2.08. The molecule has 0 fully saturated rings. The summed E-state index contributed by atoms with van der Waals surface area (Å²) in [6.45, 7) is 0. The number of nitrogens with zero attached hydrogens (tertiary/aromatic N) is 1. The predicted molar refractivity (Wildman–Crippen MR) is 52.7 cm³/mol. The number of phenols is 1. The lowest BCUT2D eigenvalue weighted by Crippen LogP contribution is -2.18. The maximum atomic E-state index is 9.66. The molecule has 3 nitrogen and oxygen atoms in total. The zero-order valence-electron chi connectivity index (χ0n) is 7.83. The van der Waals surface area contributed by atoms with Gasteiger partial charge in [-0.15, -0.1) is 0 Å². The van der Waals surface area contributed by atoms with Crippen molar-refractivity contribution in [3.8, 4) is 11.8 Å². The van der Waals surface area contributed by atoms with Crippen molar-refractivity contribution in [2.45, 2.75) is 25.3 Å². The highest BCUT2D eigenvalue weighted by atomic mass is 16.3. The van der Waals surface area contributed by atoms with Crippen LogP contribution in [0.25, 0.3) is 0 Å². The Balaban J connectivity index is 2.65. The van der Waals surface area contributed by atoms with Gasteiger partial charge in [-0.05, 0) is 37.0 Å². The van der Waals surface area contributed by atoms with Gasteiger partial charge in [0.05, 0.1) is 11.6 Å². The third kappa shape index (κ3) is 1.24. The topological polar surface area (TPSA) is 70.0 Å². The molecule has 0 saturated heterocycles. The van der Waals surface area contributed by atoms with E-state index in [2.05, 4.69) is 6.07 Å². The maximum Gasteiger partial charge on any atom is 0.120 e. The van der Waals surface area contributed by atoms with E-state index >= 15 is 0 Å². The van der Waals surface area contributed by atoms with Crippen molar-refractivity contribution in [3.63, 3.8) is 0 Å². The van der Waals surface area contributed by atoms with E-state index in [4.69, 9.17) is 11.0 Å². The van der Waals surface area contributed by atoms with Crippen LogP contribution in [0, 0.1) is 11.3 Å². The number of benzene rings is 1. The standard InChI is InChI=1S/C11H12N2O/c12-6-7-4-5-10(14)11-8(7)2-1-3-9(11)13/h4-5,9,14H,1-3,13H2/t9-/m1/s1. The molecular formula is C11H12N2O. The van der Waals surface area contributed by atoms with Crippen LogP contribution in [0.1, 0.15) is 35.6 Å². The summed E-state index contributed by atoms with van der Waals surface area (Å²) >= 11 is 0. The van der Waals surface area contributed by atoms with Gasteiger partial charge >= 0.3 is 0 Å². The highest BCUT2D eigenvalue weighted by molar-refractivity contribution is 5.51. The van der Waals surface area contributed by atoms with Gasteiger partial charge in [0.1, 0.15) is 5.75 Å². The summed E-state index contributed by atoms with van der Waals surface area (Å²) in [5, 5.41) is 18.6. The van der Waals surface area contributed by atoms with Crippen LogP contribution in [-0.4, -0.2) is 5.11 Å². The molecule has 0 spiro atoms. The average Bonchev–Trinajstić information content (AvgIpc) is 2.18. The summed E-state index contributed by atoms with van der Waals surface area (Å²) in [6, 6.07) is 5.23. The number of hydrogen-bond donors (Lipinski definition) is 2. The summed E-state index contributed by atoms with van der Waals surface area (Å²) in [6.07, 6.45) is 2.72. The lowest BCUT2D eigenvalue weighted by Gasteiger charge is -2.23. The minimum atomic E-state index is -0.118. The number of fused-ring (bicyclic) bond motifs is 1. The van der Waals surface area contributed by atoms with Crippen molar-refractivity contribution in [2.75, 3.05) is 0 Å². The van der Waals surface area contributed by atoms with Crippen molar-refractivity contribution >= 4 is 0 Å². The number of nitrogens with two attached hydrogens (primary N) is 1. The van der Waals surface area contributed by atoms with Gasteiger partial charge in [0.25, 0.3) is 0 Å². The molecule has 14 heavy (non-hydrogen) atoms. The molecule has 0 aromatic heterocycles. The van der Waals surface area contributed by atoms with Gasteiger partial charge in [-0.2, -0.15) is 5.26 Å². The van der Waals surface area contributed by atoms with Crippen molar-refractivity contribution in [1.29, 1.82) is 5.26 Å². The fourth-order valence-corrected chi connectivity index (χ4v) is 2.08. The van der Waals surface area contributed by atoms with Crippen LogP contribution in [0.2, 0.25) is 0 Å². The summed E-state index contributed by atoms with van der Waals surface area (Å²) in [5.74, 6) is 0.228. The molecule has 0 radical (unpaired) electrons. The van der Waals surface area contributed by atoms with Gasteiger partial charge < -0.3 is 10.8 Å². The molecule has 3 heteroatoms. The van der Waals surface area contributed by atoms with E-state index in [9.17, 15) is 5.11 Å². The first-order valence-corrected chi connectivity index (χ1v) is 4.74. The van der Waals surface area contributed by atoms with Crippen molar-refractivity contribution in [2.24, 2.45) is 5.73 Å². The molecule has 0 saturated carbocycles. The molecule has 1 aromatic rings. The Morgan fingerprint density at radius 2 is 2.29 bits per heavy atom. The number of aromatic hydroxyl groups is 1. The minimum Gasteiger partial charge on any atom is -0.508 e. The van der Waals surface area contributed by atoms with Crippen LogP contribution >= 0.6 is 0 Å². The molecule has 0 heterocycles. The fraction of sp³-hybridized carbons (Fsp3) is 0.364. The highest BCUT2D eigenvalue weighted by Crippen LogP contribution is 2.36. The predicted octanol–water partition coefficient (Wildman–Crippen LogP) is 1.60. The van der Waals surface area contributed by atoms with E-state index < -0.39 is 0 Å². The van der Waals surface area contributed by atoms with E-state index in [1.54, 1.807) is 12.1 Å². The van der Waals surface area contributed by atoms with Crippen molar-refractivity contribution < 1.29 is 5.11 Å². The van der Waals surface area contributed by atoms with E-state index in [1.807, 2.05) is 0 Å². The third-order valence-electron chi connectivity index (χ3n) is 2.77. The molecule has 1 atom stereocenters. The number of hydrogen-bond acceptors (Lipinski definition) is 3. The number of rotatable bonds is 0. The molecule has 3 N–H and O–H groups in total. The monoisotopic (exact) mass is 188 g/mol. The van der Waals surface area contributed by atoms with Gasteiger partial charge in [-0.1, -0.05) is 0 Å². The Labute approximate surface area is 82.8 Å². The van der Waals surface area contributed by atoms with E-state index in [-0.39, 0.29) is 11.8 Å². The molecule has 1 aliphatic rings. The smallest absolute Gasteiger partial charge is 0.120 e. The van der Waals surface area contributed by atoms with Crippen molar-refractivity contribution in [1.82, 2.24) is 0 Å². The molecule has 2 rings (SSSR count). The molecule has 72 valence electrons. The average molecular weight is 188 g/mol. The van der Waals surface area contributed by atoms with Gasteiger partial charge in [0.2, 0.25) is 0 Å². The zero-order valence-corrected chi connectivity index (χ0v) is 7.83. The maximum absolute atomic E-state index is 9.66. The second kappa shape index (κ2) is 3.32. The molecule has 1 aromatic carbocycles. The van der Waals surface area contributed by atoms with Crippen LogP contribution in [0.5, 0.6) is 5.75 Å². The van der Waals surface area contributed by atoms with Crippen LogP contribution in [0.4, 0.5) is 0 Å². The van der Waals surface area contributed by atoms with E-state index in [0.717, 1.165) is 30.4 Å². The van der Waals surface area contributed by atoms with Gasteiger partial charge in [0.15, 0.2) is 0 Å². The van der Waals surface area contributed by atoms with Crippen LogP contribution < -0.4 is 5.73 Å². The number of nitriles is 1. The largest absolute Gasteiger partial charge is 0.508 e. The molecule has 0 bridgehead atoms. The van der Waals surface area contributed by atoms with E-state index in [0.29, 0.717) is 5.56 Å².